The minimum absolute atomic E-state index is 0.365. The molecule has 2 heterocycles. The number of aromatic nitrogens is 1. The second kappa shape index (κ2) is 5.70. The van der Waals surface area contributed by atoms with Gasteiger partial charge in [0.15, 0.2) is 0 Å². The van der Waals surface area contributed by atoms with Crippen LogP contribution in [0.15, 0.2) is 18.3 Å². The van der Waals surface area contributed by atoms with Gasteiger partial charge in [-0.25, -0.2) is 4.98 Å². The maximum atomic E-state index is 4.64. The number of piperidine rings is 1. The Labute approximate surface area is 111 Å². The number of pyridine rings is 1. The number of anilines is 1. The minimum atomic E-state index is 0.365. The lowest BCUT2D eigenvalue weighted by Gasteiger charge is -2.38. The zero-order chi connectivity index (χ0) is 13.1. The molecular formula is C15H25N3. The van der Waals surface area contributed by atoms with E-state index >= 15 is 0 Å². The van der Waals surface area contributed by atoms with Gasteiger partial charge in [-0.2, -0.15) is 0 Å². The van der Waals surface area contributed by atoms with E-state index in [0.717, 1.165) is 18.3 Å². The Hall–Kier alpha value is -1.09. The van der Waals surface area contributed by atoms with Crippen LogP contribution in [-0.4, -0.2) is 24.6 Å². The SMILES string of the molecule is CNC(C)c1ccc(N2CCCC(C)C2C)nc1. The molecule has 3 nitrogen and oxygen atoms in total. The molecule has 18 heavy (non-hydrogen) atoms. The van der Waals surface area contributed by atoms with E-state index in [2.05, 4.69) is 48.1 Å². The summed E-state index contributed by atoms with van der Waals surface area (Å²) in [6.45, 7) is 7.95. The third-order valence-corrected chi connectivity index (χ3v) is 4.37. The topological polar surface area (TPSA) is 28.2 Å². The van der Waals surface area contributed by atoms with Gasteiger partial charge in [0.25, 0.3) is 0 Å². The summed E-state index contributed by atoms with van der Waals surface area (Å²) in [5.74, 6) is 1.89. The average Bonchev–Trinajstić information content (AvgIpc) is 2.41. The number of hydrogen-bond donors (Lipinski definition) is 1. The number of nitrogens with zero attached hydrogens (tertiary/aromatic N) is 2. The van der Waals surface area contributed by atoms with Crippen molar-refractivity contribution < 1.29 is 0 Å². The van der Waals surface area contributed by atoms with Gasteiger partial charge in [0.2, 0.25) is 0 Å². The van der Waals surface area contributed by atoms with Crippen LogP contribution in [0, 0.1) is 5.92 Å². The molecule has 3 unspecified atom stereocenters. The summed E-state index contributed by atoms with van der Waals surface area (Å²) in [7, 11) is 1.98. The van der Waals surface area contributed by atoms with Crippen LogP contribution in [0.25, 0.3) is 0 Å². The Morgan fingerprint density at radius 3 is 2.78 bits per heavy atom. The molecule has 0 radical (unpaired) electrons. The molecule has 0 bridgehead atoms. The van der Waals surface area contributed by atoms with E-state index < -0.39 is 0 Å². The fourth-order valence-electron chi connectivity index (χ4n) is 2.65. The maximum absolute atomic E-state index is 4.64. The molecule has 100 valence electrons. The molecule has 1 aliphatic rings. The first kappa shape index (κ1) is 13.3. The smallest absolute Gasteiger partial charge is 0.128 e. The zero-order valence-electron chi connectivity index (χ0n) is 12.0. The summed E-state index contributed by atoms with van der Waals surface area (Å²) in [5, 5.41) is 3.24. The van der Waals surface area contributed by atoms with E-state index in [0.29, 0.717) is 12.1 Å². The molecule has 1 aromatic heterocycles. The van der Waals surface area contributed by atoms with Gasteiger partial charge < -0.3 is 10.2 Å². The lowest BCUT2D eigenvalue weighted by Crippen LogP contribution is -2.42. The number of nitrogens with one attached hydrogen (secondary N) is 1. The van der Waals surface area contributed by atoms with Crippen molar-refractivity contribution in [1.82, 2.24) is 10.3 Å². The van der Waals surface area contributed by atoms with Crippen molar-refractivity contribution in [2.75, 3.05) is 18.5 Å². The predicted molar refractivity (Wildman–Crippen MR) is 76.9 cm³/mol. The quantitative estimate of drug-likeness (QED) is 0.890. The van der Waals surface area contributed by atoms with E-state index in [1.165, 1.54) is 18.4 Å². The van der Waals surface area contributed by atoms with Crippen molar-refractivity contribution in [3.8, 4) is 0 Å². The van der Waals surface area contributed by atoms with Crippen molar-refractivity contribution in [3.05, 3.63) is 23.9 Å². The summed E-state index contributed by atoms with van der Waals surface area (Å²) in [6.07, 6.45) is 4.62. The van der Waals surface area contributed by atoms with Crippen molar-refractivity contribution >= 4 is 5.82 Å². The van der Waals surface area contributed by atoms with Crippen molar-refractivity contribution in [2.24, 2.45) is 5.92 Å². The fourth-order valence-corrected chi connectivity index (χ4v) is 2.65. The van der Waals surface area contributed by atoms with Crippen LogP contribution >= 0.6 is 0 Å². The number of hydrogen-bond acceptors (Lipinski definition) is 3. The highest BCUT2D eigenvalue weighted by atomic mass is 15.2. The molecule has 1 aromatic rings. The number of rotatable bonds is 3. The lowest BCUT2D eigenvalue weighted by atomic mass is 9.92. The van der Waals surface area contributed by atoms with Crippen LogP contribution in [0.4, 0.5) is 5.82 Å². The van der Waals surface area contributed by atoms with Gasteiger partial charge in [-0.3, -0.25) is 0 Å². The van der Waals surface area contributed by atoms with Crippen LogP contribution in [-0.2, 0) is 0 Å². The molecule has 0 aromatic carbocycles. The molecule has 0 saturated carbocycles. The monoisotopic (exact) mass is 247 g/mol. The van der Waals surface area contributed by atoms with Crippen molar-refractivity contribution in [1.29, 1.82) is 0 Å². The van der Waals surface area contributed by atoms with E-state index in [4.69, 9.17) is 0 Å². The highest BCUT2D eigenvalue weighted by molar-refractivity contribution is 5.41. The van der Waals surface area contributed by atoms with E-state index in [1.54, 1.807) is 0 Å². The van der Waals surface area contributed by atoms with E-state index in [1.807, 2.05) is 13.2 Å². The summed E-state index contributed by atoms with van der Waals surface area (Å²) in [5.41, 5.74) is 1.25. The average molecular weight is 247 g/mol. The van der Waals surface area contributed by atoms with Crippen LogP contribution < -0.4 is 10.2 Å². The van der Waals surface area contributed by atoms with Gasteiger partial charge in [-0.15, -0.1) is 0 Å². The molecule has 1 saturated heterocycles. The van der Waals surface area contributed by atoms with Crippen molar-refractivity contribution in [3.63, 3.8) is 0 Å². The summed E-state index contributed by atoms with van der Waals surface area (Å²) >= 11 is 0. The predicted octanol–water partition coefficient (Wildman–Crippen LogP) is 2.99. The van der Waals surface area contributed by atoms with Gasteiger partial charge in [-0.1, -0.05) is 13.0 Å². The third-order valence-electron chi connectivity index (χ3n) is 4.37. The molecule has 3 heteroatoms. The Balaban J connectivity index is 2.13. The first-order chi connectivity index (χ1) is 8.63. The van der Waals surface area contributed by atoms with Crippen molar-refractivity contribution in [2.45, 2.75) is 45.7 Å². The zero-order valence-corrected chi connectivity index (χ0v) is 12.0. The Bertz CT molecular complexity index is 374. The maximum Gasteiger partial charge on any atom is 0.128 e. The molecule has 0 spiro atoms. The van der Waals surface area contributed by atoms with Gasteiger partial charge in [0, 0.05) is 24.8 Å². The summed E-state index contributed by atoms with van der Waals surface area (Å²) < 4.78 is 0. The molecule has 1 N–H and O–H groups in total. The minimum Gasteiger partial charge on any atom is -0.354 e. The molecule has 3 atom stereocenters. The first-order valence-electron chi connectivity index (χ1n) is 7.03. The van der Waals surface area contributed by atoms with E-state index in [9.17, 15) is 0 Å². The van der Waals surface area contributed by atoms with Crippen LogP contribution in [0.2, 0.25) is 0 Å². The summed E-state index contributed by atoms with van der Waals surface area (Å²) in [6, 6.07) is 5.32. The molecule has 1 aliphatic heterocycles. The van der Waals surface area contributed by atoms with E-state index in [-0.39, 0.29) is 0 Å². The Kier molecular flexibility index (Phi) is 4.23. The van der Waals surface area contributed by atoms with Crippen LogP contribution in [0.1, 0.15) is 45.2 Å². The highest BCUT2D eigenvalue weighted by Gasteiger charge is 2.25. The first-order valence-corrected chi connectivity index (χ1v) is 7.03. The second-order valence-corrected chi connectivity index (χ2v) is 5.51. The van der Waals surface area contributed by atoms with Gasteiger partial charge in [-0.05, 0) is 51.3 Å². The lowest BCUT2D eigenvalue weighted by molar-refractivity contribution is 0.361. The Morgan fingerprint density at radius 2 is 2.17 bits per heavy atom. The third kappa shape index (κ3) is 2.66. The molecular weight excluding hydrogens is 222 g/mol. The largest absolute Gasteiger partial charge is 0.354 e. The highest BCUT2D eigenvalue weighted by Crippen LogP contribution is 2.27. The van der Waals surface area contributed by atoms with Gasteiger partial charge in [0.05, 0.1) is 0 Å². The molecule has 0 amide bonds. The molecule has 2 rings (SSSR count). The summed E-state index contributed by atoms with van der Waals surface area (Å²) in [4.78, 5) is 7.09. The fraction of sp³-hybridized carbons (Fsp3) is 0.667. The van der Waals surface area contributed by atoms with Gasteiger partial charge in [0.1, 0.15) is 5.82 Å². The van der Waals surface area contributed by atoms with Gasteiger partial charge >= 0.3 is 0 Å². The van der Waals surface area contributed by atoms with Crippen LogP contribution in [0.3, 0.4) is 0 Å². The standard InChI is InChI=1S/C15H25N3/c1-11-6-5-9-18(13(11)3)15-8-7-14(10-17-15)12(2)16-4/h7-8,10-13,16H,5-6,9H2,1-4H3. The Morgan fingerprint density at radius 1 is 1.39 bits per heavy atom. The second-order valence-electron chi connectivity index (χ2n) is 5.51. The normalized spacial score (nSPS) is 26.1. The molecule has 1 fully saturated rings. The van der Waals surface area contributed by atoms with Crippen LogP contribution in [0.5, 0.6) is 0 Å². The molecule has 0 aliphatic carbocycles.